The summed E-state index contributed by atoms with van der Waals surface area (Å²) in [6, 6.07) is 0. The molecule has 0 unspecified atom stereocenters. The van der Waals surface area contributed by atoms with E-state index in [1.165, 1.54) is 0 Å². The number of hydrogen-bond donors (Lipinski definition) is 1. The van der Waals surface area contributed by atoms with Crippen LogP contribution in [-0.2, 0) is 0 Å². The van der Waals surface area contributed by atoms with E-state index in [4.69, 9.17) is 17.3 Å². The zero-order valence-corrected chi connectivity index (χ0v) is 5.70. The molecule has 0 spiro atoms. The molecule has 0 aliphatic heterocycles. The molecule has 46 valence electrons. The van der Waals surface area contributed by atoms with Crippen molar-refractivity contribution in [3.63, 3.8) is 0 Å². The quantitative estimate of drug-likeness (QED) is 0.567. The number of hydrogen-bond acceptors (Lipinski definition) is 1. The minimum Gasteiger partial charge on any atom is -0.327 e. The third-order valence-electron chi connectivity index (χ3n) is 0.725. The molecule has 0 rings (SSSR count). The van der Waals surface area contributed by atoms with E-state index < -0.39 is 0 Å². The molecule has 0 aliphatic carbocycles. The highest BCUT2D eigenvalue weighted by Crippen LogP contribution is 2.01. The van der Waals surface area contributed by atoms with Gasteiger partial charge in [0, 0.05) is 11.6 Å². The molecular weight excluding hydrogens is 122 g/mol. The van der Waals surface area contributed by atoms with Crippen molar-refractivity contribution < 1.29 is 0 Å². The van der Waals surface area contributed by atoms with Gasteiger partial charge in [-0.2, -0.15) is 0 Å². The van der Waals surface area contributed by atoms with E-state index in [0.717, 1.165) is 5.57 Å². The Morgan fingerprint density at radius 2 is 2.38 bits per heavy atom. The van der Waals surface area contributed by atoms with Crippen molar-refractivity contribution in [2.45, 2.75) is 6.92 Å². The Bertz CT molecular complexity index is 116. The summed E-state index contributed by atoms with van der Waals surface area (Å²) >= 11 is 5.42. The van der Waals surface area contributed by atoms with Gasteiger partial charge in [-0.1, -0.05) is 23.8 Å². The smallest absolute Gasteiger partial charge is 0.0334 e. The van der Waals surface area contributed by atoms with E-state index in [1.807, 2.05) is 6.92 Å². The van der Waals surface area contributed by atoms with Crippen LogP contribution in [0.3, 0.4) is 0 Å². The van der Waals surface area contributed by atoms with Gasteiger partial charge in [-0.25, -0.2) is 0 Å². The van der Waals surface area contributed by atoms with E-state index in [2.05, 4.69) is 6.58 Å². The number of rotatable bonds is 2. The van der Waals surface area contributed by atoms with Crippen LogP contribution < -0.4 is 5.73 Å². The number of halogens is 1. The lowest BCUT2D eigenvalue weighted by atomic mass is 10.3. The summed E-state index contributed by atoms with van der Waals surface area (Å²) < 4.78 is 0. The van der Waals surface area contributed by atoms with Gasteiger partial charge in [-0.3, -0.25) is 0 Å². The third-order valence-corrected chi connectivity index (χ3v) is 0.834. The summed E-state index contributed by atoms with van der Waals surface area (Å²) in [7, 11) is 0. The lowest BCUT2D eigenvalue weighted by Gasteiger charge is -1.90. The molecule has 0 heterocycles. The van der Waals surface area contributed by atoms with Crippen LogP contribution in [0.4, 0.5) is 0 Å². The maximum atomic E-state index is 5.42. The summed E-state index contributed by atoms with van der Waals surface area (Å²) in [4.78, 5) is 0. The Morgan fingerprint density at radius 1 is 1.88 bits per heavy atom. The van der Waals surface area contributed by atoms with Gasteiger partial charge in [0.1, 0.15) is 0 Å². The second-order valence-electron chi connectivity index (χ2n) is 1.64. The van der Waals surface area contributed by atoms with Crippen LogP contribution >= 0.6 is 11.6 Å². The number of allylic oxidation sites excluding steroid dienone is 2. The van der Waals surface area contributed by atoms with Crippen molar-refractivity contribution in [1.29, 1.82) is 0 Å². The molecule has 0 saturated carbocycles. The first-order valence-electron chi connectivity index (χ1n) is 2.38. The van der Waals surface area contributed by atoms with Crippen LogP contribution in [0.25, 0.3) is 0 Å². The van der Waals surface area contributed by atoms with Gasteiger partial charge in [-0.05, 0) is 13.0 Å². The predicted molar refractivity (Wildman–Crippen MR) is 37.8 cm³/mol. The molecule has 0 aromatic carbocycles. The fourth-order valence-corrected chi connectivity index (χ4v) is 0.513. The fourth-order valence-electron chi connectivity index (χ4n) is 0.326. The summed E-state index contributed by atoms with van der Waals surface area (Å²) in [5.74, 6) is 0. The van der Waals surface area contributed by atoms with Crippen molar-refractivity contribution in [1.82, 2.24) is 0 Å². The average Bonchev–Trinajstić information content (AvgIpc) is 1.65. The number of nitrogens with two attached hydrogens (primary N) is 1. The molecule has 1 nitrogen and oxygen atoms in total. The summed E-state index contributed by atoms with van der Waals surface area (Å²) in [6.07, 6.45) is 1.75. The Balaban J connectivity index is 3.75. The SMILES string of the molecule is C=C(Cl)/C=C(\C)CN. The molecule has 0 aromatic heterocycles. The van der Waals surface area contributed by atoms with Crippen molar-refractivity contribution in [3.05, 3.63) is 23.3 Å². The molecule has 0 radical (unpaired) electrons. The highest BCUT2D eigenvalue weighted by molar-refractivity contribution is 6.30. The van der Waals surface area contributed by atoms with Gasteiger partial charge in [0.15, 0.2) is 0 Å². The largest absolute Gasteiger partial charge is 0.327 e. The maximum absolute atomic E-state index is 5.42. The zero-order chi connectivity index (χ0) is 6.57. The molecule has 8 heavy (non-hydrogen) atoms. The Hall–Kier alpha value is -0.270. The van der Waals surface area contributed by atoms with Gasteiger partial charge >= 0.3 is 0 Å². The van der Waals surface area contributed by atoms with Gasteiger partial charge in [0.25, 0.3) is 0 Å². The van der Waals surface area contributed by atoms with Crippen molar-refractivity contribution >= 4 is 11.6 Å². The molecule has 2 N–H and O–H groups in total. The highest BCUT2D eigenvalue weighted by atomic mass is 35.5. The van der Waals surface area contributed by atoms with Crippen LogP contribution in [-0.4, -0.2) is 6.54 Å². The fraction of sp³-hybridized carbons (Fsp3) is 0.333. The van der Waals surface area contributed by atoms with Crippen LogP contribution in [0, 0.1) is 0 Å². The zero-order valence-electron chi connectivity index (χ0n) is 4.95. The molecule has 0 saturated heterocycles. The molecule has 0 aromatic rings. The summed E-state index contributed by atoms with van der Waals surface area (Å²) in [5, 5.41) is 0.535. The molecule has 0 aliphatic rings. The van der Waals surface area contributed by atoms with E-state index in [-0.39, 0.29) is 0 Å². The van der Waals surface area contributed by atoms with Crippen molar-refractivity contribution in [2.75, 3.05) is 6.54 Å². The Labute approximate surface area is 54.8 Å². The van der Waals surface area contributed by atoms with Crippen molar-refractivity contribution in [2.24, 2.45) is 5.73 Å². The van der Waals surface area contributed by atoms with Gasteiger partial charge in [0.05, 0.1) is 0 Å². The molecule has 0 fully saturated rings. The molecular formula is C6H10ClN. The topological polar surface area (TPSA) is 26.0 Å². The minimum absolute atomic E-state index is 0.535. The van der Waals surface area contributed by atoms with Crippen molar-refractivity contribution in [3.8, 4) is 0 Å². The second kappa shape index (κ2) is 3.70. The first-order valence-corrected chi connectivity index (χ1v) is 2.76. The molecule has 0 atom stereocenters. The summed E-state index contributed by atoms with van der Waals surface area (Å²) in [5.41, 5.74) is 6.30. The van der Waals surface area contributed by atoms with Gasteiger partial charge < -0.3 is 5.73 Å². The summed E-state index contributed by atoms with van der Waals surface area (Å²) in [6.45, 7) is 5.93. The van der Waals surface area contributed by atoms with Gasteiger partial charge in [-0.15, -0.1) is 0 Å². The lowest BCUT2D eigenvalue weighted by molar-refractivity contribution is 1.14. The maximum Gasteiger partial charge on any atom is 0.0334 e. The average molecular weight is 132 g/mol. The highest BCUT2D eigenvalue weighted by Gasteiger charge is 1.82. The van der Waals surface area contributed by atoms with Crippen LogP contribution in [0.2, 0.25) is 0 Å². The molecule has 0 amide bonds. The first-order chi connectivity index (χ1) is 3.66. The molecule has 2 heteroatoms. The molecule has 0 bridgehead atoms. The lowest BCUT2D eigenvalue weighted by Crippen LogP contribution is -1.99. The van der Waals surface area contributed by atoms with Crippen LogP contribution in [0.5, 0.6) is 0 Å². The van der Waals surface area contributed by atoms with E-state index in [1.54, 1.807) is 6.08 Å². The third kappa shape index (κ3) is 3.90. The van der Waals surface area contributed by atoms with E-state index >= 15 is 0 Å². The monoisotopic (exact) mass is 131 g/mol. The van der Waals surface area contributed by atoms with Crippen LogP contribution in [0.15, 0.2) is 23.3 Å². The predicted octanol–water partition coefficient (Wildman–Crippen LogP) is 1.64. The first kappa shape index (κ1) is 7.73. The van der Waals surface area contributed by atoms with E-state index in [9.17, 15) is 0 Å². The van der Waals surface area contributed by atoms with Crippen LogP contribution in [0.1, 0.15) is 6.92 Å². The standard InChI is InChI=1S/C6H10ClN/c1-5(4-8)3-6(2)7/h3H,2,4,8H2,1H3/b5-3+. The Kier molecular flexibility index (Phi) is 3.57. The Morgan fingerprint density at radius 3 is 2.50 bits per heavy atom. The van der Waals surface area contributed by atoms with Gasteiger partial charge in [0.2, 0.25) is 0 Å². The second-order valence-corrected chi connectivity index (χ2v) is 2.13. The normalized spacial score (nSPS) is 11.6. The minimum atomic E-state index is 0.535. The van der Waals surface area contributed by atoms with E-state index in [0.29, 0.717) is 11.6 Å².